The van der Waals surface area contributed by atoms with E-state index in [1.54, 1.807) is 12.1 Å². The van der Waals surface area contributed by atoms with E-state index in [4.69, 9.17) is 31.4 Å². The zero-order valence-corrected chi connectivity index (χ0v) is 26.3. The van der Waals surface area contributed by atoms with Gasteiger partial charge in [0.25, 0.3) is 0 Å². The number of rotatable bonds is 6. The monoisotopic (exact) mass is 649 g/mol. The maximum Gasteiger partial charge on any atom is 0.164 e. The van der Waals surface area contributed by atoms with Crippen LogP contribution in [0.4, 0.5) is 0 Å². The third-order valence-electron chi connectivity index (χ3n) is 8.48. The summed E-state index contributed by atoms with van der Waals surface area (Å²) in [6.07, 6.45) is 0. The van der Waals surface area contributed by atoms with Gasteiger partial charge in [0.15, 0.2) is 17.5 Å². The first-order valence-electron chi connectivity index (χ1n) is 21.9. The lowest BCUT2D eigenvalue weighted by molar-refractivity contribution is 1.08. The van der Waals surface area contributed by atoms with Crippen LogP contribution in [0.25, 0.3) is 89.1 Å². The SMILES string of the molecule is [2H]c1c([2H])c([2H])c(-c2ccc3cc(-c4cccc(-c5nc(-c6cccc(-c7ccccc7)c6)nc(-c6c([2H])c([2H])c([2H])c7c([2H])c([2H])c([2H])c([2H])c67)n5)c4)ccc3c2)c([2H])c1[2H]. The van der Waals surface area contributed by atoms with Crippen molar-refractivity contribution in [2.45, 2.75) is 0 Å². The molecule has 50 heavy (non-hydrogen) atoms. The molecule has 0 fully saturated rings. The molecule has 0 aliphatic rings. The second-order valence-electron chi connectivity index (χ2n) is 11.6. The Labute approximate surface area is 308 Å². The van der Waals surface area contributed by atoms with Crippen LogP contribution >= 0.6 is 0 Å². The Morgan fingerprint density at radius 3 is 1.54 bits per heavy atom. The average molecular weight is 650 g/mol. The number of nitrogens with zero attached hydrogens (tertiary/aromatic N) is 3. The minimum absolute atomic E-state index is 0.102. The Bertz CT molecular complexity index is 3300. The van der Waals surface area contributed by atoms with Crippen LogP contribution in [0.3, 0.4) is 0 Å². The van der Waals surface area contributed by atoms with Crippen molar-refractivity contribution >= 4 is 21.5 Å². The molecule has 0 N–H and O–H groups in total. The first-order chi connectivity index (χ1) is 29.7. The minimum Gasteiger partial charge on any atom is -0.208 e. The summed E-state index contributed by atoms with van der Waals surface area (Å²) in [7, 11) is 0. The summed E-state index contributed by atoms with van der Waals surface area (Å²) in [5.74, 6) is 0.300. The normalized spacial score (nSPS) is 14.6. The van der Waals surface area contributed by atoms with E-state index < -0.39 is 60.4 Å². The van der Waals surface area contributed by atoms with Gasteiger partial charge in [-0.05, 0) is 79.2 Å². The molecule has 234 valence electrons. The molecule has 1 aromatic heterocycles. The van der Waals surface area contributed by atoms with Gasteiger partial charge in [0, 0.05) is 16.7 Å². The average Bonchev–Trinajstić information content (AvgIpc) is 3.30. The van der Waals surface area contributed by atoms with Crippen molar-refractivity contribution in [1.29, 1.82) is 0 Å². The second kappa shape index (κ2) is 12.7. The molecule has 3 heteroatoms. The van der Waals surface area contributed by atoms with E-state index in [1.165, 1.54) is 0 Å². The van der Waals surface area contributed by atoms with E-state index >= 15 is 0 Å². The number of hydrogen-bond acceptors (Lipinski definition) is 3. The molecule has 3 nitrogen and oxygen atoms in total. The summed E-state index contributed by atoms with van der Waals surface area (Å²) in [5.41, 5.74) is 5.13. The first kappa shape index (κ1) is 19.3. The highest BCUT2D eigenvalue weighted by Crippen LogP contribution is 2.33. The van der Waals surface area contributed by atoms with Crippen LogP contribution in [0, 0.1) is 0 Å². The summed E-state index contributed by atoms with van der Waals surface area (Å²) in [6, 6.07) is 30.5. The first-order valence-corrected chi connectivity index (χ1v) is 15.9. The maximum atomic E-state index is 9.06. The lowest BCUT2D eigenvalue weighted by Crippen LogP contribution is -2.01. The van der Waals surface area contributed by atoms with Gasteiger partial charge in [-0.15, -0.1) is 0 Å². The fraction of sp³-hybridized carbons (Fsp3) is 0. The fourth-order valence-corrected chi connectivity index (χ4v) is 6.01. The number of fused-ring (bicyclic) bond motifs is 2. The van der Waals surface area contributed by atoms with Gasteiger partial charge >= 0.3 is 0 Å². The molecule has 0 radical (unpaired) electrons. The van der Waals surface area contributed by atoms with Crippen LogP contribution in [0.5, 0.6) is 0 Å². The highest BCUT2D eigenvalue weighted by molar-refractivity contribution is 5.95. The van der Waals surface area contributed by atoms with Crippen molar-refractivity contribution in [1.82, 2.24) is 15.0 Å². The van der Waals surface area contributed by atoms with Crippen molar-refractivity contribution in [2.24, 2.45) is 0 Å². The quantitative estimate of drug-likeness (QED) is 0.180. The second-order valence-corrected chi connectivity index (χ2v) is 11.6. The van der Waals surface area contributed by atoms with E-state index in [2.05, 4.69) is 0 Å². The molecule has 9 aromatic rings. The van der Waals surface area contributed by atoms with Gasteiger partial charge in [0.2, 0.25) is 0 Å². The van der Waals surface area contributed by atoms with Gasteiger partial charge < -0.3 is 0 Å². The van der Waals surface area contributed by atoms with Gasteiger partial charge in [-0.2, -0.15) is 0 Å². The molecule has 0 unspecified atom stereocenters. The van der Waals surface area contributed by atoms with Crippen molar-refractivity contribution in [2.75, 3.05) is 0 Å². The predicted molar refractivity (Wildman–Crippen MR) is 207 cm³/mol. The number of aromatic nitrogens is 3. The Kier molecular flexibility index (Phi) is 4.92. The summed E-state index contributed by atoms with van der Waals surface area (Å²) in [4.78, 5) is 14.6. The van der Waals surface area contributed by atoms with Gasteiger partial charge in [0.1, 0.15) is 0 Å². The Hall–Kier alpha value is -6.71. The molecule has 9 rings (SSSR count). The Morgan fingerprint density at radius 1 is 0.320 bits per heavy atom. The van der Waals surface area contributed by atoms with E-state index in [1.807, 2.05) is 103 Å². The zero-order valence-electron chi connectivity index (χ0n) is 38.3. The van der Waals surface area contributed by atoms with Crippen LogP contribution < -0.4 is 0 Å². The van der Waals surface area contributed by atoms with Crippen LogP contribution in [-0.2, 0) is 0 Å². The van der Waals surface area contributed by atoms with E-state index in [0.29, 0.717) is 16.7 Å². The highest BCUT2D eigenvalue weighted by Gasteiger charge is 2.15. The standard InChI is InChI=1S/C47H31N3/c1-3-12-32(13-4-1)35-18-9-20-41(30-35)45-48-46(50-47(49-45)44-23-11-17-34-16-7-8-22-43(34)44)42-21-10-19-36(31-42)38-26-27-39-28-37(24-25-40(39)29-38)33-14-5-2-6-15-33/h1-31H/i2D,5D,6D,7D,8D,11D,14D,15D,16D,17D,22D,23D. The van der Waals surface area contributed by atoms with Crippen LogP contribution in [0.15, 0.2) is 188 Å². The van der Waals surface area contributed by atoms with Gasteiger partial charge in [-0.3, -0.25) is 0 Å². The lowest BCUT2D eigenvalue weighted by Gasteiger charge is -2.12. The molecule has 0 spiro atoms. The molecule has 0 aliphatic carbocycles. The van der Waals surface area contributed by atoms with E-state index in [9.17, 15) is 0 Å². The van der Waals surface area contributed by atoms with E-state index in [-0.39, 0.29) is 51.5 Å². The highest BCUT2D eigenvalue weighted by atomic mass is 15.0. The molecule has 0 amide bonds. The number of hydrogen-bond donors (Lipinski definition) is 0. The molecule has 8 aromatic carbocycles. The molecular weight excluding hydrogens is 607 g/mol. The van der Waals surface area contributed by atoms with Gasteiger partial charge in [-0.25, -0.2) is 15.0 Å². The molecule has 0 bridgehead atoms. The lowest BCUT2D eigenvalue weighted by atomic mass is 9.97. The molecular formula is C47H31N3. The molecule has 0 saturated heterocycles. The Morgan fingerprint density at radius 2 is 0.840 bits per heavy atom. The summed E-state index contributed by atoms with van der Waals surface area (Å²) in [6.45, 7) is 0. The molecule has 0 aliphatic heterocycles. The zero-order chi connectivity index (χ0) is 43.7. The van der Waals surface area contributed by atoms with E-state index in [0.717, 1.165) is 33.0 Å². The van der Waals surface area contributed by atoms with Crippen LogP contribution in [-0.4, -0.2) is 15.0 Å². The third kappa shape index (κ3) is 5.72. The predicted octanol–water partition coefficient (Wildman–Crippen LogP) is 12.2. The molecule has 0 saturated carbocycles. The van der Waals surface area contributed by atoms with Gasteiger partial charge in [0.05, 0.1) is 16.4 Å². The van der Waals surface area contributed by atoms with Crippen molar-refractivity contribution < 1.29 is 16.4 Å². The summed E-state index contributed by atoms with van der Waals surface area (Å²) < 4.78 is 102. The maximum absolute atomic E-state index is 9.06. The smallest absolute Gasteiger partial charge is 0.164 e. The van der Waals surface area contributed by atoms with Gasteiger partial charge in [-0.1, -0.05) is 164 Å². The topological polar surface area (TPSA) is 38.7 Å². The largest absolute Gasteiger partial charge is 0.208 e. The molecule has 0 atom stereocenters. The molecule has 1 heterocycles. The summed E-state index contributed by atoms with van der Waals surface area (Å²) in [5, 5.41) is 1.29. The minimum atomic E-state index is -0.561. The van der Waals surface area contributed by atoms with Crippen molar-refractivity contribution in [3.05, 3.63) is 188 Å². The van der Waals surface area contributed by atoms with Crippen molar-refractivity contribution in [3.63, 3.8) is 0 Å². The third-order valence-corrected chi connectivity index (χ3v) is 8.48. The Balaban J connectivity index is 1.21. The van der Waals surface area contributed by atoms with Crippen LogP contribution in [0.2, 0.25) is 0 Å². The van der Waals surface area contributed by atoms with Crippen molar-refractivity contribution in [3.8, 4) is 67.5 Å². The van der Waals surface area contributed by atoms with Crippen LogP contribution in [0.1, 0.15) is 16.4 Å². The summed E-state index contributed by atoms with van der Waals surface area (Å²) >= 11 is 0. The number of benzene rings is 8. The fourth-order valence-electron chi connectivity index (χ4n) is 6.01.